The van der Waals surface area contributed by atoms with Crippen molar-refractivity contribution in [2.75, 3.05) is 16.8 Å². The number of carbonyl (C=O) groups is 3. The molecule has 2 aromatic rings. The van der Waals surface area contributed by atoms with E-state index in [9.17, 15) is 14.4 Å². The smallest absolute Gasteiger partial charge is 0.265 e. The SMILES string of the molecule is CC1CC(=O)Nc2ccccc2N1C(=O)COc1cc(Cl)ccc1C(N)=O. The van der Waals surface area contributed by atoms with Crippen molar-refractivity contribution < 1.29 is 19.1 Å². The van der Waals surface area contributed by atoms with Crippen molar-refractivity contribution >= 4 is 40.7 Å². The van der Waals surface area contributed by atoms with Gasteiger partial charge < -0.3 is 20.7 Å². The lowest BCUT2D eigenvalue weighted by atomic mass is 10.1. The number of fused-ring (bicyclic) bond motifs is 1. The first-order valence-corrected chi connectivity index (χ1v) is 8.67. The predicted molar refractivity (Wildman–Crippen MR) is 102 cm³/mol. The van der Waals surface area contributed by atoms with Crippen LogP contribution in [0.25, 0.3) is 0 Å². The van der Waals surface area contributed by atoms with Gasteiger partial charge in [-0.05, 0) is 37.3 Å². The molecule has 0 saturated carbocycles. The zero-order chi connectivity index (χ0) is 19.6. The quantitative estimate of drug-likeness (QED) is 0.841. The Labute approximate surface area is 161 Å². The highest BCUT2D eigenvalue weighted by Gasteiger charge is 2.30. The number of nitrogens with two attached hydrogens (primary N) is 1. The second-order valence-electron chi connectivity index (χ2n) is 6.18. The van der Waals surface area contributed by atoms with E-state index in [-0.39, 0.29) is 42.2 Å². The summed E-state index contributed by atoms with van der Waals surface area (Å²) in [5.74, 6) is -1.08. The fourth-order valence-corrected chi connectivity index (χ4v) is 3.16. The van der Waals surface area contributed by atoms with Crippen molar-refractivity contribution in [3.63, 3.8) is 0 Å². The summed E-state index contributed by atoms with van der Waals surface area (Å²) in [6, 6.07) is 11.1. The number of halogens is 1. The first-order chi connectivity index (χ1) is 12.9. The lowest BCUT2D eigenvalue weighted by Gasteiger charge is -2.27. The van der Waals surface area contributed by atoms with E-state index in [0.29, 0.717) is 16.4 Å². The summed E-state index contributed by atoms with van der Waals surface area (Å²) in [4.78, 5) is 37.9. The third-order valence-corrected chi connectivity index (χ3v) is 4.42. The normalized spacial score (nSPS) is 16.1. The number of rotatable bonds is 4. The van der Waals surface area contributed by atoms with Crippen LogP contribution in [0.15, 0.2) is 42.5 Å². The van der Waals surface area contributed by atoms with Gasteiger partial charge in [-0.2, -0.15) is 0 Å². The van der Waals surface area contributed by atoms with Crippen LogP contribution in [0.2, 0.25) is 5.02 Å². The summed E-state index contributed by atoms with van der Waals surface area (Å²) >= 11 is 5.94. The lowest BCUT2D eigenvalue weighted by molar-refractivity contribution is -0.121. The van der Waals surface area contributed by atoms with Gasteiger partial charge >= 0.3 is 0 Å². The van der Waals surface area contributed by atoms with Crippen molar-refractivity contribution in [2.24, 2.45) is 5.73 Å². The van der Waals surface area contributed by atoms with Crippen LogP contribution >= 0.6 is 11.6 Å². The molecular formula is C19H18ClN3O4. The maximum Gasteiger partial charge on any atom is 0.265 e. The van der Waals surface area contributed by atoms with Crippen LogP contribution in [0.3, 0.4) is 0 Å². The largest absolute Gasteiger partial charge is 0.483 e. The molecule has 140 valence electrons. The summed E-state index contributed by atoms with van der Waals surface area (Å²) in [7, 11) is 0. The molecule has 0 bridgehead atoms. The number of nitrogens with one attached hydrogen (secondary N) is 1. The monoisotopic (exact) mass is 387 g/mol. The summed E-state index contributed by atoms with van der Waals surface area (Å²) in [6.07, 6.45) is 0.157. The molecule has 3 amide bonds. The molecule has 27 heavy (non-hydrogen) atoms. The third-order valence-electron chi connectivity index (χ3n) is 4.19. The van der Waals surface area contributed by atoms with E-state index in [1.807, 2.05) is 0 Å². The van der Waals surface area contributed by atoms with Gasteiger partial charge in [0.1, 0.15) is 5.75 Å². The highest BCUT2D eigenvalue weighted by Crippen LogP contribution is 2.31. The molecule has 0 saturated heterocycles. The summed E-state index contributed by atoms with van der Waals surface area (Å²) in [6.45, 7) is 1.45. The van der Waals surface area contributed by atoms with Crippen LogP contribution in [0.5, 0.6) is 5.75 Å². The van der Waals surface area contributed by atoms with Crippen LogP contribution in [-0.2, 0) is 9.59 Å². The minimum absolute atomic E-state index is 0.133. The van der Waals surface area contributed by atoms with Crippen molar-refractivity contribution in [2.45, 2.75) is 19.4 Å². The number of benzene rings is 2. The van der Waals surface area contributed by atoms with Gasteiger partial charge in [0.05, 0.1) is 16.9 Å². The number of amides is 3. The molecule has 2 aromatic carbocycles. The Bertz CT molecular complexity index is 916. The number of ether oxygens (including phenoxy) is 1. The molecule has 8 heteroatoms. The Morgan fingerprint density at radius 2 is 2.04 bits per heavy atom. The minimum atomic E-state index is -0.683. The molecule has 3 rings (SSSR count). The first kappa shape index (κ1) is 18.7. The number of hydrogen-bond donors (Lipinski definition) is 2. The molecule has 1 unspecified atom stereocenters. The molecule has 7 nitrogen and oxygen atoms in total. The molecular weight excluding hydrogens is 370 g/mol. The summed E-state index contributed by atoms with van der Waals surface area (Å²) in [5, 5.41) is 3.14. The van der Waals surface area contributed by atoms with Gasteiger partial charge in [-0.15, -0.1) is 0 Å². The Morgan fingerprint density at radius 1 is 1.30 bits per heavy atom. The third kappa shape index (κ3) is 4.03. The Morgan fingerprint density at radius 3 is 2.78 bits per heavy atom. The molecule has 1 aliphatic heterocycles. The van der Waals surface area contributed by atoms with Crippen LogP contribution in [0, 0.1) is 0 Å². The Hall–Kier alpha value is -3.06. The second-order valence-corrected chi connectivity index (χ2v) is 6.61. The van der Waals surface area contributed by atoms with Gasteiger partial charge in [0, 0.05) is 17.5 Å². The number of para-hydroxylation sites is 2. The van der Waals surface area contributed by atoms with E-state index in [1.165, 1.54) is 23.1 Å². The van der Waals surface area contributed by atoms with E-state index in [0.717, 1.165) is 0 Å². The molecule has 0 radical (unpaired) electrons. The van der Waals surface area contributed by atoms with E-state index < -0.39 is 5.91 Å². The average Bonchev–Trinajstić information content (AvgIpc) is 2.73. The van der Waals surface area contributed by atoms with Crippen molar-refractivity contribution in [1.82, 2.24) is 0 Å². The lowest BCUT2D eigenvalue weighted by Crippen LogP contribution is -2.41. The molecule has 0 aliphatic carbocycles. The van der Waals surface area contributed by atoms with Crippen molar-refractivity contribution in [3.8, 4) is 5.75 Å². The molecule has 0 aromatic heterocycles. The van der Waals surface area contributed by atoms with Gasteiger partial charge in [-0.3, -0.25) is 14.4 Å². The number of primary amides is 1. The van der Waals surface area contributed by atoms with Crippen molar-refractivity contribution in [3.05, 3.63) is 53.1 Å². The van der Waals surface area contributed by atoms with E-state index in [1.54, 1.807) is 31.2 Å². The topological polar surface area (TPSA) is 102 Å². The van der Waals surface area contributed by atoms with E-state index in [4.69, 9.17) is 22.1 Å². The van der Waals surface area contributed by atoms with Crippen molar-refractivity contribution in [1.29, 1.82) is 0 Å². The van der Waals surface area contributed by atoms with Gasteiger partial charge in [-0.1, -0.05) is 23.7 Å². The Balaban J connectivity index is 1.85. The van der Waals surface area contributed by atoms with Gasteiger partial charge in [0.25, 0.3) is 11.8 Å². The van der Waals surface area contributed by atoms with Gasteiger partial charge in [-0.25, -0.2) is 0 Å². The highest BCUT2D eigenvalue weighted by molar-refractivity contribution is 6.30. The first-order valence-electron chi connectivity index (χ1n) is 8.30. The van der Waals surface area contributed by atoms with Crippen LogP contribution in [-0.4, -0.2) is 30.4 Å². The number of nitrogens with zero attached hydrogens (tertiary/aromatic N) is 1. The standard InChI is InChI=1S/C19H18ClN3O4/c1-11-8-17(24)22-14-4-2-3-5-15(14)23(11)18(25)10-27-16-9-12(20)6-7-13(16)19(21)26/h2-7,9,11H,8,10H2,1H3,(H2,21,26)(H,22,24). The molecule has 0 spiro atoms. The van der Waals surface area contributed by atoms with Crippen LogP contribution in [0.1, 0.15) is 23.7 Å². The molecule has 1 heterocycles. The van der Waals surface area contributed by atoms with E-state index >= 15 is 0 Å². The van der Waals surface area contributed by atoms with Crippen LogP contribution in [0.4, 0.5) is 11.4 Å². The highest BCUT2D eigenvalue weighted by atomic mass is 35.5. The summed E-state index contributed by atoms with van der Waals surface area (Å²) < 4.78 is 5.54. The van der Waals surface area contributed by atoms with E-state index in [2.05, 4.69) is 5.32 Å². The van der Waals surface area contributed by atoms with Gasteiger partial charge in [0.2, 0.25) is 5.91 Å². The van der Waals surface area contributed by atoms with Crippen LogP contribution < -0.4 is 20.7 Å². The second kappa shape index (κ2) is 7.67. The maximum absolute atomic E-state index is 12.9. The molecule has 1 atom stereocenters. The maximum atomic E-state index is 12.9. The fourth-order valence-electron chi connectivity index (χ4n) is 3.00. The zero-order valence-corrected chi connectivity index (χ0v) is 15.3. The predicted octanol–water partition coefficient (Wildman–Crippen LogP) is 2.58. The van der Waals surface area contributed by atoms with Gasteiger partial charge in [0.15, 0.2) is 6.61 Å². The Kier molecular flexibility index (Phi) is 5.32. The number of carbonyl (C=O) groups excluding carboxylic acids is 3. The molecule has 3 N–H and O–H groups in total. The molecule has 1 aliphatic rings. The average molecular weight is 388 g/mol. The summed E-state index contributed by atoms with van der Waals surface area (Å²) in [5.41, 5.74) is 6.61. The zero-order valence-electron chi connectivity index (χ0n) is 14.6. The number of hydrogen-bond acceptors (Lipinski definition) is 4. The fraction of sp³-hybridized carbons (Fsp3) is 0.211. The number of anilines is 2. The minimum Gasteiger partial charge on any atom is -0.483 e. The molecule has 0 fully saturated rings.